The van der Waals surface area contributed by atoms with Crippen LogP contribution in [0.3, 0.4) is 0 Å². The van der Waals surface area contributed by atoms with Crippen LogP contribution in [0.2, 0.25) is 0 Å². The van der Waals surface area contributed by atoms with E-state index in [1.807, 2.05) is 37.5 Å². The minimum atomic E-state index is -0.666. The Bertz CT molecular complexity index is 1400. The van der Waals surface area contributed by atoms with Crippen LogP contribution >= 0.6 is 0 Å². The minimum absolute atomic E-state index is 0.0295. The van der Waals surface area contributed by atoms with Crippen LogP contribution in [0.1, 0.15) is 39.6 Å². The Kier molecular flexibility index (Phi) is 8.76. The fraction of sp³-hybridized carbons (Fsp3) is 0.414. The van der Waals surface area contributed by atoms with Crippen LogP contribution in [0, 0.1) is 18.6 Å². The predicted octanol–water partition coefficient (Wildman–Crippen LogP) is 5.01. The first kappa shape index (κ1) is 28.4. The van der Waals surface area contributed by atoms with Crippen molar-refractivity contribution < 1.29 is 8.78 Å². The van der Waals surface area contributed by atoms with Gasteiger partial charge in [-0.3, -0.25) is 9.80 Å². The third-order valence-corrected chi connectivity index (χ3v) is 7.00. The first-order valence-electron chi connectivity index (χ1n) is 13.3. The highest BCUT2D eigenvalue weighted by Gasteiger charge is 2.20. The van der Waals surface area contributed by atoms with Crippen LogP contribution in [-0.2, 0) is 0 Å². The molecule has 0 bridgehead atoms. The zero-order chi connectivity index (χ0) is 28.3. The van der Waals surface area contributed by atoms with E-state index >= 15 is 0 Å². The average molecular weight is 537 g/mol. The molecule has 39 heavy (non-hydrogen) atoms. The molecule has 1 aliphatic rings. The fourth-order valence-electron chi connectivity index (χ4n) is 4.94. The number of hydrogen-bond donors (Lipinski definition) is 2. The molecule has 0 spiro atoms. The molecule has 0 saturated carbocycles. The summed E-state index contributed by atoms with van der Waals surface area (Å²) in [5.74, 6) is -0.131. The lowest BCUT2D eigenvalue weighted by atomic mass is 10.1. The second-order valence-electron chi connectivity index (χ2n) is 10.4. The molecule has 10 heteroatoms. The second-order valence-corrected chi connectivity index (χ2v) is 10.4. The Hall–Kier alpha value is -3.63. The van der Waals surface area contributed by atoms with E-state index in [1.165, 1.54) is 6.07 Å². The van der Waals surface area contributed by atoms with Crippen molar-refractivity contribution in [3.8, 4) is 11.3 Å². The lowest BCUT2D eigenvalue weighted by Crippen LogP contribution is -2.49. The van der Waals surface area contributed by atoms with Crippen molar-refractivity contribution in [2.75, 3.05) is 38.0 Å². The van der Waals surface area contributed by atoms with Crippen molar-refractivity contribution in [2.24, 2.45) is 5.73 Å². The van der Waals surface area contributed by atoms with Crippen LogP contribution in [0.5, 0.6) is 0 Å². The maximum atomic E-state index is 15.0. The zero-order valence-electron chi connectivity index (χ0n) is 23.4. The van der Waals surface area contributed by atoms with Gasteiger partial charge in [-0.15, -0.1) is 0 Å². The molecule has 1 saturated heterocycles. The number of aromatic nitrogens is 4. The van der Waals surface area contributed by atoms with Gasteiger partial charge >= 0.3 is 0 Å². The van der Waals surface area contributed by atoms with Gasteiger partial charge in [-0.05, 0) is 58.4 Å². The zero-order valence-corrected chi connectivity index (χ0v) is 23.4. The molecule has 4 rings (SSSR count). The highest BCUT2D eigenvalue weighted by Crippen LogP contribution is 2.30. The van der Waals surface area contributed by atoms with E-state index in [4.69, 9.17) is 5.73 Å². The number of benzene rings is 1. The van der Waals surface area contributed by atoms with E-state index in [0.717, 1.165) is 44.5 Å². The molecule has 208 valence electrons. The summed E-state index contributed by atoms with van der Waals surface area (Å²) in [5.41, 5.74) is 8.30. The molecule has 3 aromatic rings. The molecule has 0 unspecified atom stereocenters. The van der Waals surface area contributed by atoms with Crippen molar-refractivity contribution in [2.45, 2.75) is 46.7 Å². The molecule has 2 aromatic heterocycles. The Balaban J connectivity index is 1.52. The third kappa shape index (κ3) is 6.51. The number of rotatable bonds is 9. The van der Waals surface area contributed by atoms with Crippen molar-refractivity contribution >= 4 is 17.0 Å². The number of imidazole rings is 1. The van der Waals surface area contributed by atoms with E-state index < -0.39 is 11.6 Å². The van der Waals surface area contributed by atoms with Gasteiger partial charge in [0, 0.05) is 50.4 Å². The third-order valence-electron chi connectivity index (χ3n) is 7.00. The normalized spacial score (nSPS) is 16.0. The molecule has 1 aromatic carbocycles. The summed E-state index contributed by atoms with van der Waals surface area (Å²) >= 11 is 0. The molecular formula is C29H38F2N8. The fourth-order valence-corrected chi connectivity index (χ4v) is 4.94. The standard InChI is InChI=1S/C29H38F2N8/c1-7-21(17-37-10-12-38(13-11-37)18(2)3)8-9-26(32)35-29-33-16-24(31)27(36-29)22-14-23(30)28-25(15-22)39(19(4)5)20(6)34-28/h7-9,14-16,18-19H,1,10-13,17,32H2,2-6H3,(H,33,35,36)/b21-8+,26-9+. The molecule has 3 N–H and O–H groups in total. The summed E-state index contributed by atoms with van der Waals surface area (Å²) in [5, 5.41) is 2.91. The summed E-state index contributed by atoms with van der Waals surface area (Å²) in [7, 11) is 0. The van der Waals surface area contributed by atoms with Gasteiger partial charge in [0.2, 0.25) is 5.95 Å². The number of fused-ring (bicyclic) bond motifs is 1. The highest BCUT2D eigenvalue weighted by atomic mass is 19.1. The highest BCUT2D eigenvalue weighted by molar-refractivity contribution is 5.83. The number of hydrogen-bond acceptors (Lipinski definition) is 7. The van der Waals surface area contributed by atoms with Gasteiger partial charge in [0.05, 0.1) is 11.7 Å². The lowest BCUT2D eigenvalue weighted by molar-refractivity contribution is 0.115. The van der Waals surface area contributed by atoms with Gasteiger partial charge in [-0.25, -0.2) is 23.7 Å². The number of halogens is 2. The lowest BCUT2D eigenvalue weighted by Gasteiger charge is -2.37. The number of nitrogens with two attached hydrogens (primary N) is 1. The number of allylic oxidation sites excluding steroid dienone is 2. The first-order valence-corrected chi connectivity index (χ1v) is 13.3. The number of aryl methyl sites for hydroxylation is 1. The summed E-state index contributed by atoms with van der Waals surface area (Å²) in [6.45, 7) is 19.0. The van der Waals surface area contributed by atoms with E-state index in [-0.39, 0.29) is 29.0 Å². The van der Waals surface area contributed by atoms with Gasteiger partial charge in [-0.2, -0.15) is 0 Å². The van der Waals surface area contributed by atoms with Crippen LogP contribution in [0.4, 0.5) is 14.7 Å². The number of piperazine rings is 1. The second kappa shape index (κ2) is 12.0. The molecule has 1 fully saturated rings. The Labute approximate surface area is 228 Å². The molecule has 0 radical (unpaired) electrons. The summed E-state index contributed by atoms with van der Waals surface area (Å²) in [6.07, 6.45) is 6.48. The smallest absolute Gasteiger partial charge is 0.229 e. The molecule has 3 heterocycles. The van der Waals surface area contributed by atoms with Crippen molar-refractivity contribution in [3.05, 3.63) is 72.0 Å². The Morgan fingerprint density at radius 2 is 1.77 bits per heavy atom. The predicted molar refractivity (Wildman–Crippen MR) is 153 cm³/mol. The van der Waals surface area contributed by atoms with Gasteiger partial charge < -0.3 is 15.6 Å². The van der Waals surface area contributed by atoms with Crippen molar-refractivity contribution in [3.63, 3.8) is 0 Å². The molecular weight excluding hydrogens is 498 g/mol. The van der Waals surface area contributed by atoms with Gasteiger partial charge in [-0.1, -0.05) is 18.7 Å². The maximum absolute atomic E-state index is 15.0. The topological polar surface area (TPSA) is 88.1 Å². The number of nitrogens with one attached hydrogen (secondary N) is 1. The minimum Gasteiger partial charge on any atom is -0.385 e. The molecule has 0 aliphatic carbocycles. The quantitative estimate of drug-likeness (QED) is 0.372. The van der Waals surface area contributed by atoms with E-state index in [0.29, 0.717) is 22.9 Å². The van der Waals surface area contributed by atoms with E-state index in [1.54, 1.807) is 12.1 Å². The molecule has 1 aliphatic heterocycles. The molecule has 0 amide bonds. The Morgan fingerprint density at radius 1 is 1.05 bits per heavy atom. The van der Waals surface area contributed by atoms with Gasteiger partial charge in [0.15, 0.2) is 11.6 Å². The summed E-state index contributed by atoms with van der Waals surface area (Å²) in [4.78, 5) is 17.5. The SMILES string of the molecule is C=C/C(=C\C=C(/N)Nc1ncc(F)c(-c2cc(F)c3nc(C)n(C(C)C)c3c2)n1)CN1CCN(C(C)C)CC1. The molecule has 8 nitrogen and oxygen atoms in total. The van der Waals surface area contributed by atoms with E-state index in [2.05, 4.69) is 50.5 Å². The van der Waals surface area contributed by atoms with Crippen LogP contribution in [-0.4, -0.2) is 68.1 Å². The van der Waals surface area contributed by atoms with Crippen LogP contribution < -0.4 is 11.1 Å². The number of nitrogens with zero attached hydrogens (tertiary/aromatic N) is 6. The van der Waals surface area contributed by atoms with Crippen LogP contribution in [0.15, 0.2) is 54.5 Å². The summed E-state index contributed by atoms with van der Waals surface area (Å²) < 4.78 is 31.7. The number of anilines is 1. The monoisotopic (exact) mass is 536 g/mol. The van der Waals surface area contributed by atoms with Crippen molar-refractivity contribution in [1.29, 1.82) is 0 Å². The summed E-state index contributed by atoms with van der Waals surface area (Å²) in [6, 6.07) is 3.56. The first-order chi connectivity index (χ1) is 18.6. The Morgan fingerprint density at radius 3 is 2.41 bits per heavy atom. The van der Waals surface area contributed by atoms with Gasteiger partial charge in [0.25, 0.3) is 0 Å². The van der Waals surface area contributed by atoms with Gasteiger partial charge in [0.1, 0.15) is 22.9 Å². The van der Waals surface area contributed by atoms with E-state index in [9.17, 15) is 8.78 Å². The maximum Gasteiger partial charge on any atom is 0.229 e. The van der Waals surface area contributed by atoms with Crippen LogP contribution in [0.25, 0.3) is 22.3 Å². The molecule has 0 atom stereocenters. The van der Waals surface area contributed by atoms with Crippen molar-refractivity contribution in [1.82, 2.24) is 29.3 Å². The largest absolute Gasteiger partial charge is 0.385 e. The average Bonchev–Trinajstić information content (AvgIpc) is 3.24.